The Morgan fingerprint density at radius 3 is 2.88 bits per heavy atom. The molecular formula is C24H24N2O4S2. The van der Waals surface area contributed by atoms with Crippen LogP contribution >= 0.6 is 22.7 Å². The molecule has 2 N–H and O–H groups in total. The molecule has 0 radical (unpaired) electrons. The third-order valence-electron chi connectivity index (χ3n) is 5.82. The van der Waals surface area contributed by atoms with Gasteiger partial charge >= 0.3 is 5.97 Å². The predicted octanol–water partition coefficient (Wildman–Crippen LogP) is 5.41. The maximum absolute atomic E-state index is 13.0. The van der Waals surface area contributed by atoms with Crippen molar-refractivity contribution < 1.29 is 19.1 Å². The Morgan fingerprint density at radius 2 is 2.09 bits per heavy atom. The Bertz CT molecular complexity index is 1170. The van der Waals surface area contributed by atoms with Gasteiger partial charge in [0.1, 0.15) is 16.0 Å². The summed E-state index contributed by atoms with van der Waals surface area (Å²) in [5.41, 5.74) is 2.85. The lowest BCUT2D eigenvalue weighted by molar-refractivity contribution is 0.0733. The second-order valence-corrected chi connectivity index (χ2v) is 10.2. The molecular weight excluding hydrogens is 444 g/mol. The summed E-state index contributed by atoms with van der Waals surface area (Å²) in [6, 6.07) is 8.91. The molecule has 2 aromatic heterocycles. The number of anilines is 1. The number of hydrogen-bond acceptors (Lipinski definition) is 7. The average Bonchev–Trinajstić information content (AvgIpc) is 3.42. The molecule has 5 rings (SSSR count). The van der Waals surface area contributed by atoms with Gasteiger partial charge in [-0.2, -0.15) is 0 Å². The summed E-state index contributed by atoms with van der Waals surface area (Å²) in [7, 11) is 0. The van der Waals surface area contributed by atoms with E-state index in [0.29, 0.717) is 28.9 Å². The van der Waals surface area contributed by atoms with E-state index < -0.39 is 5.97 Å². The van der Waals surface area contributed by atoms with Crippen LogP contribution < -0.4 is 20.1 Å². The summed E-state index contributed by atoms with van der Waals surface area (Å²) < 4.78 is 11.3. The van der Waals surface area contributed by atoms with Gasteiger partial charge in [0.15, 0.2) is 11.5 Å². The summed E-state index contributed by atoms with van der Waals surface area (Å²) in [5.74, 6) is 1.02. The highest BCUT2D eigenvalue weighted by Gasteiger charge is 2.33. The van der Waals surface area contributed by atoms with Crippen molar-refractivity contribution >= 4 is 39.6 Å². The molecule has 0 bridgehead atoms. The molecule has 1 amide bonds. The Labute approximate surface area is 194 Å². The number of amides is 1. The fraction of sp³-hybridized carbons (Fsp3) is 0.333. The molecule has 2 unspecified atom stereocenters. The first-order valence-electron chi connectivity index (χ1n) is 10.8. The molecule has 32 heavy (non-hydrogen) atoms. The van der Waals surface area contributed by atoms with Crippen molar-refractivity contribution in [3.05, 3.63) is 62.2 Å². The van der Waals surface area contributed by atoms with Gasteiger partial charge in [-0.05, 0) is 66.8 Å². The van der Waals surface area contributed by atoms with Crippen LogP contribution in [0.25, 0.3) is 0 Å². The first-order chi connectivity index (χ1) is 15.5. The summed E-state index contributed by atoms with van der Waals surface area (Å²) in [6.07, 6.45) is 2.73. The number of fused-ring (bicyclic) bond motifs is 3. The molecule has 3 aromatic rings. The highest BCUT2D eigenvalue weighted by atomic mass is 32.1. The van der Waals surface area contributed by atoms with Gasteiger partial charge in [-0.25, -0.2) is 4.79 Å². The number of rotatable bonds is 5. The topological polar surface area (TPSA) is 76.7 Å². The quantitative estimate of drug-likeness (QED) is 0.387. The predicted molar refractivity (Wildman–Crippen MR) is 126 cm³/mol. The van der Waals surface area contributed by atoms with Crippen molar-refractivity contribution in [2.75, 3.05) is 11.9 Å². The van der Waals surface area contributed by atoms with E-state index in [1.807, 2.05) is 30.5 Å². The Hall–Kier alpha value is -2.84. The van der Waals surface area contributed by atoms with E-state index in [-0.39, 0.29) is 12.1 Å². The zero-order chi connectivity index (χ0) is 22.2. The van der Waals surface area contributed by atoms with E-state index in [9.17, 15) is 9.59 Å². The molecule has 0 spiro atoms. The van der Waals surface area contributed by atoms with E-state index in [2.05, 4.69) is 17.6 Å². The molecule has 1 aromatic carbocycles. The molecule has 2 aliphatic rings. The number of ether oxygens (including phenoxy) is 2. The van der Waals surface area contributed by atoms with Crippen molar-refractivity contribution in [2.24, 2.45) is 5.92 Å². The second kappa shape index (κ2) is 8.60. The van der Waals surface area contributed by atoms with E-state index >= 15 is 0 Å². The number of thiophene rings is 2. The van der Waals surface area contributed by atoms with Crippen LogP contribution in [0.5, 0.6) is 11.5 Å². The first kappa shape index (κ1) is 21.0. The second-order valence-electron chi connectivity index (χ2n) is 8.11. The number of nitrogens with one attached hydrogen (secondary N) is 2. The van der Waals surface area contributed by atoms with Gasteiger partial charge in [0.2, 0.25) is 0 Å². The number of hydrogen-bond donors (Lipinski definition) is 2. The largest absolute Gasteiger partial charge is 0.490 e. The highest BCUT2D eigenvalue weighted by molar-refractivity contribution is 7.16. The van der Waals surface area contributed by atoms with Crippen molar-refractivity contribution in [1.29, 1.82) is 0 Å². The van der Waals surface area contributed by atoms with Crippen LogP contribution in [0.2, 0.25) is 0 Å². The molecule has 8 heteroatoms. The van der Waals surface area contributed by atoms with Crippen LogP contribution in [0.4, 0.5) is 5.00 Å². The molecule has 6 nitrogen and oxygen atoms in total. The molecule has 3 heterocycles. The molecule has 1 aliphatic heterocycles. The summed E-state index contributed by atoms with van der Waals surface area (Å²) in [4.78, 5) is 27.2. The van der Waals surface area contributed by atoms with Crippen LogP contribution in [0.3, 0.4) is 0 Å². The standard InChI is InChI=1S/C24H24N2O4S2/c1-3-29-17-12-14(7-9-16(17)30-24(28)18-5-4-10-31-18)21-25-22(27)20-15-8-6-13(2)11-19(15)32-23(20)26-21/h4-5,7,9-10,12-13,21,26H,3,6,8,11H2,1-2H3,(H,25,27). The van der Waals surface area contributed by atoms with Crippen molar-refractivity contribution in [2.45, 2.75) is 39.3 Å². The minimum atomic E-state index is -0.416. The smallest absolute Gasteiger partial charge is 0.353 e. The zero-order valence-electron chi connectivity index (χ0n) is 17.9. The average molecular weight is 469 g/mol. The van der Waals surface area contributed by atoms with E-state index in [1.54, 1.807) is 23.5 Å². The van der Waals surface area contributed by atoms with Gasteiger partial charge in [0.05, 0.1) is 12.2 Å². The maximum atomic E-state index is 13.0. The van der Waals surface area contributed by atoms with Crippen LogP contribution in [0, 0.1) is 5.92 Å². The summed E-state index contributed by atoms with van der Waals surface area (Å²) in [5, 5.41) is 9.34. The molecule has 2 atom stereocenters. The van der Waals surface area contributed by atoms with Crippen molar-refractivity contribution in [3.63, 3.8) is 0 Å². The van der Waals surface area contributed by atoms with Gasteiger partial charge in [0, 0.05) is 4.88 Å². The van der Waals surface area contributed by atoms with E-state index in [1.165, 1.54) is 21.8 Å². The number of carbonyl (C=O) groups excluding carboxylic acids is 2. The molecule has 0 fully saturated rings. The Morgan fingerprint density at radius 1 is 1.22 bits per heavy atom. The Balaban J connectivity index is 1.41. The lowest BCUT2D eigenvalue weighted by Crippen LogP contribution is -2.38. The fourth-order valence-corrected chi connectivity index (χ4v) is 6.27. The van der Waals surface area contributed by atoms with Crippen molar-refractivity contribution in [1.82, 2.24) is 5.32 Å². The molecule has 1 aliphatic carbocycles. The maximum Gasteiger partial charge on any atom is 0.353 e. The van der Waals surface area contributed by atoms with Gasteiger partial charge in [-0.1, -0.05) is 19.1 Å². The number of esters is 1. The molecule has 0 saturated carbocycles. The van der Waals surface area contributed by atoms with Crippen LogP contribution in [0.15, 0.2) is 35.7 Å². The third kappa shape index (κ3) is 3.89. The lowest BCUT2D eigenvalue weighted by Gasteiger charge is -2.27. The normalized spacial score (nSPS) is 19.4. The first-order valence-corrected chi connectivity index (χ1v) is 12.5. The van der Waals surface area contributed by atoms with Gasteiger partial charge < -0.3 is 20.1 Å². The van der Waals surface area contributed by atoms with Gasteiger partial charge in [0.25, 0.3) is 5.91 Å². The number of benzene rings is 1. The van der Waals surface area contributed by atoms with Gasteiger partial charge in [-0.15, -0.1) is 22.7 Å². The minimum absolute atomic E-state index is 0.0398. The van der Waals surface area contributed by atoms with Crippen LogP contribution in [-0.2, 0) is 12.8 Å². The number of carbonyl (C=O) groups is 2. The van der Waals surface area contributed by atoms with E-state index in [4.69, 9.17) is 9.47 Å². The molecule has 166 valence electrons. The third-order valence-corrected chi connectivity index (χ3v) is 7.85. The van der Waals surface area contributed by atoms with Gasteiger partial charge in [-0.3, -0.25) is 4.79 Å². The van der Waals surface area contributed by atoms with E-state index in [0.717, 1.165) is 35.4 Å². The fourth-order valence-electron chi connectivity index (χ4n) is 4.23. The van der Waals surface area contributed by atoms with Crippen LogP contribution in [-0.4, -0.2) is 18.5 Å². The summed E-state index contributed by atoms with van der Waals surface area (Å²) >= 11 is 3.03. The zero-order valence-corrected chi connectivity index (χ0v) is 19.5. The summed E-state index contributed by atoms with van der Waals surface area (Å²) in [6.45, 7) is 4.57. The monoisotopic (exact) mass is 468 g/mol. The van der Waals surface area contributed by atoms with Crippen molar-refractivity contribution in [3.8, 4) is 11.5 Å². The highest BCUT2D eigenvalue weighted by Crippen LogP contribution is 2.43. The molecule has 0 saturated heterocycles. The minimum Gasteiger partial charge on any atom is -0.490 e. The Kier molecular flexibility index (Phi) is 5.65. The lowest BCUT2D eigenvalue weighted by atomic mass is 9.88. The SMILES string of the molecule is CCOc1cc(C2NC(=O)c3c(sc4c3CCC(C)C4)N2)ccc1OC(=O)c1cccs1. The van der Waals surface area contributed by atoms with Crippen LogP contribution in [0.1, 0.15) is 62.5 Å².